The van der Waals surface area contributed by atoms with Crippen molar-refractivity contribution in [3.8, 4) is 5.69 Å². The molecule has 1 saturated carbocycles. The van der Waals surface area contributed by atoms with Crippen molar-refractivity contribution >= 4 is 54.1 Å². The Labute approximate surface area is 383 Å². The number of methoxy groups -OCH3 is 1. The van der Waals surface area contributed by atoms with Gasteiger partial charge in [-0.3, -0.25) is 39.2 Å². The van der Waals surface area contributed by atoms with Gasteiger partial charge in [-0.1, -0.05) is 88.4 Å². The Morgan fingerprint density at radius 1 is 0.894 bits per heavy atom. The Kier molecular flexibility index (Phi) is 17.8. The third-order valence-corrected chi connectivity index (χ3v) is 12.3. The van der Waals surface area contributed by atoms with Crippen LogP contribution < -0.4 is 16.0 Å². The van der Waals surface area contributed by atoms with Crippen LogP contribution in [-0.2, 0) is 45.8 Å². The third-order valence-electron chi connectivity index (χ3n) is 11.1. The molecule has 3 amide bonds. The SMILES string of the molecule is COC(=O)C(CC(C)C)C[P+](=O)OC(CC1CCCCC1)NC(=O)[C@H](Cc1cn(-c2ccc([N+](=O)[O-])cc2[N+](=O)[O-])cn1)NC(=O)C(Cc1cccc2ccccc12)NC(=O)OC(C)(C)C. The molecule has 0 bridgehead atoms. The highest BCUT2D eigenvalue weighted by molar-refractivity contribution is 7.39. The number of rotatable bonds is 21. The molecule has 5 atom stereocenters. The minimum Gasteiger partial charge on any atom is -0.469 e. The molecule has 19 nitrogen and oxygen atoms in total. The van der Waals surface area contributed by atoms with E-state index in [2.05, 4.69) is 20.9 Å². The van der Waals surface area contributed by atoms with E-state index < -0.39 is 83.0 Å². The first kappa shape index (κ1) is 50.7. The highest BCUT2D eigenvalue weighted by Gasteiger charge is 2.38. The molecule has 66 heavy (non-hydrogen) atoms. The number of imidazole rings is 1. The van der Waals surface area contributed by atoms with Gasteiger partial charge < -0.3 is 25.4 Å². The van der Waals surface area contributed by atoms with Crippen molar-refractivity contribution in [3.05, 3.63) is 105 Å². The van der Waals surface area contributed by atoms with Crippen molar-refractivity contribution in [1.82, 2.24) is 25.5 Å². The number of esters is 1. The topological polar surface area (TPSA) is 253 Å². The Balaban J connectivity index is 1.50. The number of nitro benzene ring substituents is 2. The molecule has 1 aromatic heterocycles. The van der Waals surface area contributed by atoms with Gasteiger partial charge in [0.05, 0.1) is 35.0 Å². The van der Waals surface area contributed by atoms with Crippen LogP contribution in [0, 0.1) is 38.0 Å². The molecule has 1 aliphatic carbocycles. The predicted molar refractivity (Wildman–Crippen MR) is 245 cm³/mol. The van der Waals surface area contributed by atoms with Gasteiger partial charge in [0, 0.05) is 25.1 Å². The summed E-state index contributed by atoms with van der Waals surface area (Å²) in [7, 11) is -1.25. The molecule has 0 radical (unpaired) electrons. The first-order valence-corrected chi connectivity index (χ1v) is 23.4. The molecule has 0 aliphatic heterocycles. The van der Waals surface area contributed by atoms with Crippen LogP contribution in [-0.4, -0.2) is 80.5 Å². The number of ether oxygens (including phenoxy) is 2. The van der Waals surface area contributed by atoms with Crippen LogP contribution in [0.1, 0.15) is 90.8 Å². The second-order valence-electron chi connectivity index (χ2n) is 18.0. The summed E-state index contributed by atoms with van der Waals surface area (Å²) >= 11 is 0. The van der Waals surface area contributed by atoms with Crippen LogP contribution in [0.5, 0.6) is 0 Å². The molecule has 5 rings (SSSR count). The second-order valence-corrected chi connectivity index (χ2v) is 19.2. The molecule has 0 spiro atoms. The van der Waals surface area contributed by atoms with Gasteiger partial charge in [0.1, 0.15) is 29.3 Å². The quantitative estimate of drug-likeness (QED) is 0.0236. The number of carbonyl (C=O) groups is 4. The number of fused-ring (bicyclic) bond motifs is 1. The molecular formula is C46H59N7O12P+. The number of nitro groups is 2. The average molecular weight is 933 g/mol. The van der Waals surface area contributed by atoms with Crippen molar-refractivity contribution in [2.45, 2.75) is 116 Å². The summed E-state index contributed by atoms with van der Waals surface area (Å²) in [6.07, 6.45) is 5.59. The van der Waals surface area contributed by atoms with Crippen molar-refractivity contribution in [1.29, 1.82) is 0 Å². The highest BCUT2D eigenvalue weighted by atomic mass is 31.1. The maximum atomic E-state index is 14.7. The Bertz CT molecular complexity index is 2390. The van der Waals surface area contributed by atoms with Crippen molar-refractivity contribution in [2.24, 2.45) is 17.8 Å². The Hall–Kier alpha value is -6.33. The minimum absolute atomic E-state index is 0.00909. The zero-order chi connectivity index (χ0) is 48.1. The Morgan fingerprint density at radius 2 is 1.58 bits per heavy atom. The van der Waals surface area contributed by atoms with E-state index in [9.17, 15) is 44.0 Å². The molecule has 1 aliphatic rings. The van der Waals surface area contributed by atoms with E-state index in [1.54, 1.807) is 20.8 Å². The van der Waals surface area contributed by atoms with Gasteiger partial charge in [0.15, 0.2) is 12.4 Å². The fourth-order valence-corrected chi connectivity index (χ4v) is 9.26. The summed E-state index contributed by atoms with van der Waals surface area (Å²) in [4.78, 5) is 81.5. The lowest BCUT2D eigenvalue weighted by atomic mass is 9.86. The number of aromatic nitrogens is 2. The zero-order valence-corrected chi connectivity index (χ0v) is 39.0. The van der Waals surface area contributed by atoms with E-state index in [1.807, 2.05) is 56.3 Å². The van der Waals surface area contributed by atoms with E-state index in [-0.39, 0.29) is 42.2 Å². The lowest BCUT2D eigenvalue weighted by Crippen LogP contribution is -2.56. The van der Waals surface area contributed by atoms with Crippen LogP contribution in [0.15, 0.2) is 73.2 Å². The molecule has 354 valence electrons. The van der Waals surface area contributed by atoms with Gasteiger partial charge in [-0.05, 0) is 72.4 Å². The van der Waals surface area contributed by atoms with Gasteiger partial charge in [-0.25, -0.2) is 9.78 Å². The maximum absolute atomic E-state index is 14.7. The first-order chi connectivity index (χ1) is 31.3. The number of benzene rings is 3. The maximum Gasteiger partial charge on any atom is 0.511 e. The Morgan fingerprint density at radius 3 is 2.24 bits per heavy atom. The predicted octanol–water partition coefficient (Wildman–Crippen LogP) is 8.01. The number of carbonyl (C=O) groups excluding carboxylic acids is 4. The van der Waals surface area contributed by atoms with E-state index >= 15 is 0 Å². The van der Waals surface area contributed by atoms with E-state index in [0.717, 1.165) is 60.6 Å². The van der Waals surface area contributed by atoms with Crippen molar-refractivity contribution in [3.63, 3.8) is 0 Å². The van der Waals surface area contributed by atoms with E-state index in [4.69, 9.17) is 14.0 Å². The van der Waals surface area contributed by atoms with Crippen LogP contribution in [0.4, 0.5) is 16.2 Å². The standard InChI is InChI=1S/C46H58N7O12P/c1-29(2)21-33(44(56)63-6)27-66(62)65-41(22-30-13-8-7-9-14-30)50-43(55)38(24-34-26-51(28-47-34)39-20-19-35(52(58)59)25-40(39)53(60)61)48-42(54)37(49-45(57)64-46(3,4)5)23-32-17-12-16-31-15-10-11-18-36(31)32/h10-12,15-20,25-26,28-30,33,37-38,41H,7-9,13-14,21-24,27H2,1-6H3,(H2-,48,49,50,54,55,57)/p+1/t33?,37?,38-,41?/m0/s1. The number of hydrogen-bond donors (Lipinski definition) is 3. The summed E-state index contributed by atoms with van der Waals surface area (Å²) in [5, 5.41) is 33.5. The molecule has 20 heteroatoms. The van der Waals surface area contributed by atoms with Gasteiger partial charge in [-0.15, -0.1) is 4.52 Å². The van der Waals surface area contributed by atoms with Crippen LogP contribution >= 0.6 is 8.03 Å². The van der Waals surface area contributed by atoms with Gasteiger partial charge >= 0.3 is 20.1 Å². The fourth-order valence-electron chi connectivity index (χ4n) is 8.09. The monoisotopic (exact) mass is 932 g/mol. The zero-order valence-electron chi connectivity index (χ0n) is 38.1. The lowest BCUT2D eigenvalue weighted by molar-refractivity contribution is -0.394. The summed E-state index contributed by atoms with van der Waals surface area (Å²) in [6.45, 7) is 8.89. The van der Waals surface area contributed by atoms with Gasteiger partial charge in [-0.2, -0.15) is 0 Å². The van der Waals surface area contributed by atoms with Crippen molar-refractivity contribution < 1.29 is 47.6 Å². The molecule has 3 aromatic carbocycles. The van der Waals surface area contributed by atoms with Gasteiger partial charge in [0.25, 0.3) is 11.4 Å². The second kappa shape index (κ2) is 23.2. The highest BCUT2D eigenvalue weighted by Crippen LogP contribution is 2.35. The number of alkyl carbamates (subject to hydrolysis) is 1. The number of nitrogens with zero attached hydrogens (tertiary/aromatic N) is 4. The van der Waals surface area contributed by atoms with Crippen LogP contribution in [0.2, 0.25) is 0 Å². The molecule has 1 fully saturated rings. The number of non-ortho nitro benzene ring substituents is 1. The summed E-state index contributed by atoms with van der Waals surface area (Å²) < 4.78 is 31.6. The molecule has 0 saturated heterocycles. The largest absolute Gasteiger partial charge is 0.511 e. The molecule has 3 N–H and O–H groups in total. The van der Waals surface area contributed by atoms with Crippen LogP contribution in [0.25, 0.3) is 16.5 Å². The number of amides is 3. The normalized spacial score (nSPS) is 15.2. The molecule has 4 unspecified atom stereocenters. The molecular weight excluding hydrogens is 874 g/mol. The van der Waals surface area contributed by atoms with E-state index in [0.29, 0.717) is 12.8 Å². The summed E-state index contributed by atoms with van der Waals surface area (Å²) in [5.41, 5.74) is -1.11. The lowest BCUT2D eigenvalue weighted by Gasteiger charge is -2.27. The van der Waals surface area contributed by atoms with Crippen molar-refractivity contribution in [2.75, 3.05) is 13.3 Å². The summed E-state index contributed by atoms with van der Waals surface area (Å²) in [6, 6.07) is 13.5. The number of nitrogens with one attached hydrogen (secondary N) is 3. The molecule has 1 heterocycles. The average Bonchev–Trinajstić information content (AvgIpc) is 3.73. The summed E-state index contributed by atoms with van der Waals surface area (Å²) in [5.74, 6) is -2.55. The van der Waals surface area contributed by atoms with Gasteiger partial charge in [0.2, 0.25) is 11.8 Å². The third kappa shape index (κ3) is 14.9. The smallest absolute Gasteiger partial charge is 0.469 e. The van der Waals surface area contributed by atoms with E-state index in [1.165, 1.54) is 30.3 Å². The van der Waals surface area contributed by atoms with Crippen LogP contribution in [0.3, 0.4) is 0 Å². The fraction of sp³-hybridized carbons (Fsp3) is 0.500. The minimum atomic E-state index is -2.51. The molecule has 4 aromatic rings. The number of hydrogen-bond acceptors (Lipinski definition) is 13. The first-order valence-electron chi connectivity index (χ1n) is 22.0.